The first-order chi connectivity index (χ1) is 10.7. The number of halogens is 2. The number of nitrogens with zero attached hydrogens (tertiary/aromatic N) is 2. The number of carbonyl (C=O) groups is 1. The van der Waals surface area contributed by atoms with Gasteiger partial charge < -0.3 is 10.6 Å². The maximum Gasteiger partial charge on any atom is 0.234 e. The van der Waals surface area contributed by atoms with Crippen LogP contribution in [0.25, 0.3) is 0 Å². The molecule has 9 heteroatoms. The van der Waals surface area contributed by atoms with Crippen LogP contribution in [0.1, 0.15) is 20.8 Å². The van der Waals surface area contributed by atoms with Crippen molar-refractivity contribution in [1.82, 2.24) is 10.2 Å². The topological polar surface area (TPSA) is 66.9 Å². The van der Waals surface area contributed by atoms with Crippen LogP contribution >= 0.6 is 23.1 Å². The molecule has 1 amide bonds. The highest BCUT2D eigenvalue weighted by molar-refractivity contribution is 8.01. The fourth-order valence-electron chi connectivity index (χ4n) is 1.54. The van der Waals surface area contributed by atoms with Crippen LogP contribution in [-0.2, 0) is 4.79 Å². The third-order valence-electron chi connectivity index (χ3n) is 2.42. The number of hydrogen-bond donors (Lipinski definition) is 2. The van der Waals surface area contributed by atoms with Gasteiger partial charge in [-0.1, -0.05) is 23.1 Å². The van der Waals surface area contributed by atoms with E-state index in [4.69, 9.17) is 0 Å². The van der Waals surface area contributed by atoms with Gasteiger partial charge in [0.25, 0.3) is 0 Å². The van der Waals surface area contributed by atoms with Gasteiger partial charge in [0.05, 0.1) is 11.4 Å². The van der Waals surface area contributed by atoms with Crippen molar-refractivity contribution in [2.45, 2.75) is 30.6 Å². The zero-order valence-electron chi connectivity index (χ0n) is 12.8. The average molecular weight is 358 g/mol. The van der Waals surface area contributed by atoms with Gasteiger partial charge in [-0.05, 0) is 32.9 Å². The molecule has 0 bridgehead atoms. The third kappa shape index (κ3) is 5.76. The van der Waals surface area contributed by atoms with E-state index in [0.717, 1.165) is 12.1 Å². The van der Waals surface area contributed by atoms with Crippen LogP contribution in [0.5, 0.6) is 0 Å². The van der Waals surface area contributed by atoms with Crippen LogP contribution in [-0.4, -0.2) is 27.4 Å². The van der Waals surface area contributed by atoms with Gasteiger partial charge >= 0.3 is 0 Å². The molecule has 0 saturated carbocycles. The second-order valence-electron chi connectivity index (χ2n) is 5.71. The average Bonchev–Trinajstić information content (AvgIpc) is 2.85. The summed E-state index contributed by atoms with van der Waals surface area (Å²) in [5, 5.41) is 14.2. The van der Waals surface area contributed by atoms with Crippen LogP contribution in [0.2, 0.25) is 0 Å². The second kappa shape index (κ2) is 7.22. The first kappa shape index (κ1) is 17.6. The molecule has 1 aromatic carbocycles. The van der Waals surface area contributed by atoms with Crippen LogP contribution in [0.4, 0.5) is 19.6 Å². The maximum absolute atomic E-state index is 13.4. The lowest BCUT2D eigenvalue weighted by atomic mass is 10.1. The van der Waals surface area contributed by atoms with E-state index in [-0.39, 0.29) is 17.0 Å². The van der Waals surface area contributed by atoms with E-state index < -0.39 is 17.5 Å². The summed E-state index contributed by atoms with van der Waals surface area (Å²) < 4.78 is 26.9. The zero-order chi connectivity index (χ0) is 17.0. The highest BCUT2D eigenvalue weighted by Crippen LogP contribution is 2.27. The number of amides is 1. The summed E-state index contributed by atoms with van der Waals surface area (Å²) in [5.74, 6) is -1.85. The molecule has 0 aliphatic rings. The number of anilines is 2. The van der Waals surface area contributed by atoms with Crippen molar-refractivity contribution in [3.8, 4) is 0 Å². The van der Waals surface area contributed by atoms with E-state index in [0.29, 0.717) is 9.47 Å². The highest BCUT2D eigenvalue weighted by atomic mass is 32.2. The van der Waals surface area contributed by atoms with Gasteiger partial charge in [0.15, 0.2) is 4.34 Å². The molecular weight excluding hydrogens is 342 g/mol. The Morgan fingerprint density at radius 3 is 2.70 bits per heavy atom. The van der Waals surface area contributed by atoms with E-state index in [9.17, 15) is 13.6 Å². The van der Waals surface area contributed by atoms with Gasteiger partial charge in [0.1, 0.15) is 11.6 Å². The van der Waals surface area contributed by atoms with Gasteiger partial charge in [0, 0.05) is 11.6 Å². The number of thioether (sulfide) groups is 1. The van der Waals surface area contributed by atoms with Gasteiger partial charge in [-0.15, -0.1) is 10.2 Å². The molecule has 0 atom stereocenters. The smallest absolute Gasteiger partial charge is 0.234 e. The third-order valence-corrected chi connectivity index (χ3v) is 4.39. The summed E-state index contributed by atoms with van der Waals surface area (Å²) >= 11 is 2.54. The molecule has 124 valence electrons. The molecule has 2 aromatic rings. The van der Waals surface area contributed by atoms with E-state index in [2.05, 4.69) is 20.8 Å². The molecule has 23 heavy (non-hydrogen) atoms. The SMILES string of the molecule is CC(C)(C)Nc1nnc(SCC(=O)Nc2ccc(F)cc2F)s1. The maximum atomic E-state index is 13.4. The fourth-order valence-corrected chi connectivity index (χ4v) is 3.30. The Morgan fingerprint density at radius 1 is 1.30 bits per heavy atom. The summed E-state index contributed by atoms with van der Waals surface area (Å²) in [4.78, 5) is 11.8. The first-order valence-electron chi connectivity index (χ1n) is 6.72. The quantitative estimate of drug-likeness (QED) is 0.797. The molecule has 0 aliphatic carbocycles. The summed E-state index contributed by atoms with van der Waals surface area (Å²) in [7, 11) is 0. The molecule has 0 fully saturated rings. The molecule has 0 radical (unpaired) electrons. The second-order valence-corrected chi connectivity index (χ2v) is 7.91. The number of nitrogens with one attached hydrogen (secondary N) is 2. The van der Waals surface area contributed by atoms with Gasteiger partial charge in [0.2, 0.25) is 11.0 Å². The van der Waals surface area contributed by atoms with Crippen LogP contribution in [0.3, 0.4) is 0 Å². The van der Waals surface area contributed by atoms with Gasteiger partial charge in [-0.25, -0.2) is 8.78 Å². The van der Waals surface area contributed by atoms with E-state index >= 15 is 0 Å². The number of aromatic nitrogens is 2. The van der Waals surface area contributed by atoms with Gasteiger partial charge in [-0.3, -0.25) is 4.79 Å². The van der Waals surface area contributed by atoms with Crippen molar-refractivity contribution in [1.29, 1.82) is 0 Å². The monoisotopic (exact) mass is 358 g/mol. The van der Waals surface area contributed by atoms with Crippen molar-refractivity contribution >= 4 is 39.8 Å². The Kier molecular flexibility index (Phi) is 5.53. The molecule has 2 rings (SSSR count). The largest absolute Gasteiger partial charge is 0.355 e. The Balaban J connectivity index is 1.87. The number of rotatable bonds is 5. The minimum atomic E-state index is -0.809. The lowest BCUT2D eigenvalue weighted by molar-refractivity contribution is -0.113. The summed E-state index contributed by atoms with van der Waals surface area (Å²) in [6.45, 7) is 6.02. The molecule has 2 N–H and O–H groups in total. The Hall–Kier alpha value is -1.74. The Morgan fingerprint density at radius 2 is 2.04 bits per heavy atom. The van der Waals surface area contributed by atoms with E-state index in [1.165, 1.54) is 29.2 Å². The van der Waals surface area contributed by atoms with Crippen LogP contribution < -0.4 is 10.6 Å². The predicted octanol–water partition coefficient (Wildman–Crippen LogP) is 3.76. The van der Waals surface area contributed by atoms with Crippen molar-refractivity contribution in [3.63, 3.8) is 0 Å². The molecule has 1 aromatic heterocycles. The molecule has 0 aliphatic heterocycles. The summed E-state index contributed by atoms with van der Waals surface area (Å²) in [6.07, 6.45) is 0. The minimum absolute atomic E-state index is 0.0515. The summed E-state index contributed by atoms with van der Waals surface area (Å²) in [6, 6.07) is 2.99. The van der Waals surface area contributed by atoms with Crippen LogP contribution in [0, 0.1) is 11.6 Å². The van der Waals surface area contributed by atoms with Crippen molar-refractivity contribution < 1.29 is 13.6 Å². The van der Waals surface area contributed by atoms with Gasteiger partial charge in [-0.2, -0.15) is 0 Å². The molecule has 0 spiro atoms. The molecule has 0 saturated heterocycles. The lowest BCUT2D eigenvalue weighted by Crippen LogP contribution is -2.25. The van der Waals surface area contributed by atoms with Crippen molar-refractivity contribution in [3.05, 3.63) is 29.8 Å². The van der Waals surface area contributed by atoms with Crippen molar-refractivity contribution in [2.24, 2.45) is 0 Å². The number of benzene rings is 1. The Labute approximate surface area is 140 Å². The molecule has 1 heterocycles. The number of hydrogen-bond acceptors (Lipinski definition) is 6. The lowest BCUT2D eigenvalue weighted by Gasteiger charge is -2.18. The molecule has 5 nitrogen and oxygen atoms in total. The first-order valence-corrected chi connectivity index (χ1v) is 8.52. The zero-order valence-corrected chi connectivity index (χ0v) is 14.4. The molecular formula is C14H16F2N4OS2. The number of carbonyl (C=O) groups excluding carboxylic acids is 1. The summed E-state index contributed by atoms with van der Waals surface area (Å²) in [5.41, 5.74) is -0.178. The highest BCUT2D eigenvalue weighted by Gasteiger charge is 2.14. The van der Waals surface area contributed by atoms with E-state index in [1.54, 1.807) is 0 Å². The normalized spacial score (nSPS) is 11.3. The minimum Gasteiger partial charge on any atom is -0.355 e. The molecule has 0 unspecified atom stereocenters. The van der Waals surface area contributed by atoms with Crippen LogP contribution in [0.15, 0.2) is 22.5 Å². The Bertz CT molecular complexity index is 700. The van der Waals surface area contributed by atoms with E-state index in [1.807, 2.05) is 20.8 Å². The predicted molar refractivity (Wildman–Crippen MR) is 89.0 cm³/mol. The van der Waals surface area contributed by atoms with Crippen molar-refractivity contribution in [2.75, 3.05) is 16.4 Å². The fraction of sp³-hybridized carbons (Fsp3) is 0.357. The standard InChI is InChI=1S/C14H16F2N4OS2/c1-14(2,3)18-12-19-20-13(23-12)22-7-11(21)17-10-5-4-8(15)6-9(10)16/h4-6H,7H2,1-3H3,(H,17,21)(H,18,19).